The summed E-state index contributed by atoms with van der Waals surface area (Å²) >= 11 is 0. The Morgan fingerprint density at radius 1 is 1.00 bits per heavy atom. The highest BCUT2D eigenvalue weighted by atomic mass is 16.5. The number of pyridine rings is 1. The number of hydrogen-bond acceptors (Lipinski definition) is 3. The Morgan fingerprint density at radius 2 is 1.75 bits per heavy atom. The van der Waals surface area contributed by atoms with Gasteiger partial charge in [0.1, 0.15) is 5.75 Å². The average Bonchev–Trinajstić information content (AvgIpc) is 2.67. The number of nitrogens with one attached hydrogen (secondary N) is 1. The van der Waals surface area contributed by atoms with Crippen LogP contribution in [0.4, 0.5) is 0 Å². The van der Waals surface area contributed by atoms with Gasteiger partial charge in [0.05, 0.1) is 7.11 Å². The molecule has 1 heterocycles. The molecular formula is C20H18N2O2. The molecule has 3 rings (SSSR count). The Morgan fingerprint density at radius 3 is 2.38 bits per heavy atom. The first kappa shape index (κ1) is 15.7. The highest BCUT2D eigenvalue weighted by molar-refractivity contribution is 5.94. The van der Waals surface area contributed by atoms with Crippen molar-refractivity contribution in [1.29, 1.82) is 0 Å². The van der Waals surface area contributed by atoms with Crippen LogP contribution in [-0.2, 0) is 6.54 Å². The van der Waals surface area contributed by atoms with Gasteiger partial charge in [0.25, 0.3) is 5.91 Å². The van der Waals surface area contributed by atoms with Gasteiger partial charge in [0.15, 0.2) is 0 Å². The molecule has 0 radical (unpaired) electrons. The van der Waals surface area contributed by atoms with Gasteiger partial charge >= 0.3 is 0 Å². The molecule has 3 aromatic rings. The molecule has 4 heteroatoms. The zero-order valence-corrected chi connectivity index (χ0v) is 13.4. The molecule has 4 nitrogen and oxygen atoms in total. The van der Waals surface area contributed by atoms with Crippen molar-refractivity contribution in [3.8, 4) is 16.9 Å². The van der Waals surface area contributed by atoms with Crippen LogP contribution in [0.1, 0.15) is 15.9 Å². The smallest absolute Gasteiger partial charge is 0.251 e. The van der Waals surface area contributed by atoms with Gasteiger partial charge in [-0.25, -0.2) is 0 Å². The van der Waals surface area contributed by atoms with E-state index in [0.29, 0.717) is 12.1 Å². The zero-order valence-electron chi connectivity index (χ0n) is 13.4. The molecule has 0 spiro atoms. The van der Waals surface area contributed by atoms with Crippen LogP contribution in [0.15, 0.2) is 73.1 Å². The van der Waals surface area contributed by atoms with Crippen LogP contribution < -0.4 is 10.1 Å². The monoisotopic (exact) mass is 318 g/mol. The summed E-state index contributed by atoms with van der Waals surface area (Å²) in [5, 5.41) is 2.92. The van der Waals surface area contributed by atoms with Crippen LogP contribution in [-0.4, -0.2) is 18.0 Å². The highest BCUT2D eigenvalue weighted by Crippen LogP contribution is 2.18. The topological polar surface area (TPSA) is 51.2 Å². The molecule has 24 heavy (non-hydrogen) atoms. The van der Waals surface area contributed by atoms with Gasteiger partial charge in [-0.05, 0) is 47.0 Å². The summed E-state index contributed by atoms with van der Waals surface area (Å²) < 4.78 is 5.12. The number of carbonyl (C=O) groups excluding carboxylic acids is 1. The van der Waals surface area contributed by atoms with Crippen LogP contribution in [0.25, 0.3) is 11.1 Å². The normalized spacial score (nSPS) is 10.2. The van der Waals surface area contributed by atoms with Crippen LogP contribution in [0.3, 0.4) is 0 Å². The van der Waals surface area contributed by atoms with Gasteiger partial charge < -0.3 is 10.1 Å². The lowest BCUT2D eigenvalue weighted by Gasteiger charge is -2.07. The van der Waals surface area contributed by atoms with Gasteiger partial charge in [-0.2, -0.15) is 0 Å². The Hall–Kier alpha value is -3.14. The minimum atomic E-state index is -0.0939. The van der Waals surface area contributed by atoms with E-state index in [-0.39, 0.29) is 5.91 Å². The summed E-state index contributed by atoms with van der Waals surface area (Å²) in [6, 6.07) is 19.0. The average molecular weight is 318 g/mol. The van der Waals surface area contributed by atoms with Crippen molar-refractivity contribution in [2.45, 2.75) is 6.54 Å². The lowest BCUT2D eigenvalue weighted by Crippen LogP contribution is -2.22. The van der Waals surface area contributed by atoms with Crippen molar-refractivity contribution in [2.75, 3.05) is 7.11 Å². The quantitative estimate of drug-likeness (QED) is 0.780. The van der Waals surface area contributed by atoms with Crippen molar-refractivity contribution in [3.63, 3.8) is 0 Å². The van der Waals surface area contributed by atoms with Crippen LogP contribution >= 0.6 is 0 Å². The Labute approximate surface area is 141 Å². The largest absolute Gasteiger partial charge is 0.497 e. The van der Waals surface area contributed by atoms with Crippen LogP contribution in [0.2, 0.25) is 0 Å². The first-order valence-corrected chi connectivity index (χ1v) is 7.68. The van der Waals surface area contributed by atoms with Crippen molar-refractivity contribution >= 4 is 5.91 Å². The molecule has 1 amide bonds. The molecule has 0 saturated heterocycles. The second-order valence-electron chi connectivity index (χ2n) is 5.35. The summed E-state index contributed by atoms with van der Waals surface area (Å²) in [5.41, 5.74) is 3.73. The van der Waals surface area contributed by atoms with E-state index >= 15 is 0 Å². The molecule has 0 aliphatic heterocycles. The van der Waals surface area contributed by atoms with E-state index in [1.807, 2.05) is 60.7 Å². The number of ether oxygens (including phenoxy) is 1. The SMILES string of the molecule is COc1ccc(CNC(=O)c2ccc(-c3cccnc3)cc2)cc1. The number of amides is 1. The molecule has 0 unspecified atom stereocenters. The number of nitrogens with zero attached hydrogens (tertiary/aromatic N) is 1. The van der Waals surface area contributed by atoms with Crippen molar-refractivity contribution < 1.29 is 9.53 Å². The standard InChI is InChI=1S/C20H18N2O2/c1-24-19-10-4-15(5-11-19)13-22-20(23)17-8-6-16(7-9-17)18-3-2-12-21-14-18/h2-12,14H,13H2,1H3,(H,22,23). The Balaban J connectivity index is 1.62. The number of carbonyl (C=O) groups is 1. The molecule has 0 aliphatic rings. The molecule has 2 aromatic carbocycles. The first-order chi connectivity index (χ1) is 11.8. The van der Waals surface area contributed by atoms with E-state index in [1.165, 1.54) is 0 Å². The number of methoxy groups -OCH3 is 1. The van der Waals surface area contributed by atoms with Crippen LogP contribution in [0, 0.1) is 0 Å². The maximum atomic E-state index is 12.2. The predicted molar refractivity (Wildman–Crippen MR) is 93.8 cm³/mol. The van der Waals surface area contributed by atoms with Crippen molar-refractivity contribution in [1.82, 2.24) is 10.3 Å². The van der Waals surface area contributed by atoms with Gasteiger partial charge in [0.2, 0.25) is 0 Å². The molecule has 0 fully saturated rings. The van der Waals surface area contributed by atoms with E-state index in [9.17, 15) is 4.79 Å². The summed E-state index contributed by atoms with van der Waals surface area (Å²) in [7, 11) is 1.63. The lowest BCUT2D eigenvalue weighted by molar-refractivity contribution is 0.0951. The predicted octanol–water partition coefficient (Wildman–Crippen LogP) is 3.69. The summed E-state index contributed by atoms with van der Waals surface area (Å²) in [6.07, 6.45) is 3.54. The number of rotatable bonds is 5. The lowest BCUT2D eigenvalue weighted by atomic mass is 10.1. The number of benzene rings is 2. The van der Waals surface area contributed by atoms with E-state index < -0.39 is 0 Å². The van der Waals surface area contributed by atoms with Crippen molar-refractivity contribution in [3.05, 3.63) is 84.2 Å². The summed E-state index contributed by atoms with van der Waals surface area (Å²) in [4.78, 5) is 16.3. The molecule has 120 valence electrons. The fourth-order valence-corrected chi connectivity index (χ4v) is 2.38. The second-order valence-corrected chi connectivity index (χ2v) is 5.35. The van der Waals surface area contributed by atoms with E-state index in [4.69, 9.17) is 4.74 Å². The Kier molecular flexibility index (Phi) is 4.87. The maximum Gasteiger partial charge on any atom is 0.251 e. The second kappa shape index (κ2) is 7.42. The zero-order chi connectivity index (χ0) is 16.8. The first-order valence-electron chi connectivity index (χ1n) is 7.68. The molecule has 1 aromatic heterocycles. The van der Waals surface area contributed by atoms with Gasteiger partial charge in [-0.3, -0.25) is 9.78 Å². The van der Waals surface area contributed by atoms with Gasteiger partial charge in [-0.15, -0.1) is 0 Å². The van der Waals surface area contributed by atoms with Gasteiger partial charge in [-0.1, -0.05) is 30.3 Å². The molecular weight excluding hydrogens is 300 g/mol. The third-order valence-corrected chi connectivity index (χ3v) is 3.75. The fraction of sp³-hybridized carbons (Fsp3) is 0.100. The van der Waals surface area contributed by atoms with Crippen LogP contribution in [0.5, 0.6) is 5.75 Å². The third kappa shape index (κ3) is 3.79. The summed E-state index contributed by atoms with van der Waals surface area (Å²) in [5.74, 6) is 0.708. The molecule has 0 aliphatic carbocycles. The van der Waals surface area contributed by atoms with E-state index in [0.717, 1.165) is 22.4 Å². The Bertz CT molecular complexity index is 797. The molecule has 0 saturated carbocycles. The molecule has 0 bridgehead atoms. The fourth-order valence-electron chi connectivity index (χ4n) is 2.38. The minimum absolute atomic E-state index is 0.0939. The molecule has 0 atom stereocenters. The maximum absolute atomic E-state index is 12.2. The minimum Gasteiger partial charge on any atom is -0.497 e. The van der Waals surface area contributed by atoms with E-state index in [2.05, 4.69) is 10.3 Å². The van der Waals surface area contributed by atoms with Gasteiger partial charge in [0, 0.05) is 24.5 Å². The number of aromatic nitrogens is 1. The summed E-state index contributed by atoms with van der Waals surface area (Å²) in [6.45, 7) is 0.479. The van der Waals surface area contributed by atoms with Crippen molar-refractivity contribution in [2.24, 2.45) is 0 Å². The molecule has 1 N–H and O–H groups in total. The number of hydrogen-bond donors (Lipinski definition) is 1. The third-order valence-electron chi connectivity index (χ3n) is 3.75. The highest BCUT2D eigenvalue weighted by Gasteiger charge is 2.06. The van der Waals surface area contributed by atoms with E-state index in [1.54, 1.807) is 19.5 Å².